The highest BCUT2D eigenvalue weighted by atomic mass is 19.1. The molecule has 196 valence electrons. The molecule has 0 aliphatic carbocycles. The molecule has 38 heavy (non-hydrogen) atoms. The smallest absolute Gasteiger partial charge is 0.123 e. The van der Waals surface area contributed by atoms with Crippen LogP contribution in [0.3, 0.4) is 0 Å². The Kier molecular flexibility index (Phi) is 6.04. The maximum atomic E-state index is 14.0. The first kappa shape index (κ1) is 24.7. The van der Waals surface area contributed by atoms with Crippen molar-refractivity contribution in [1.82, 2.24) is 24.5 Å². The third kappa shape index (κ3) is 4.18. The molecule has 1 aliphatic heterocycles. The van der Waals surface area contributed by atoms with Gasteiger partial charge in [-0.3, -0.25) is 4.98 Å². The summed E-state index contributed by atoms with van der Waals surface area (Å²) in [4.78, 5) is 4.86. The average molecular weight is 514 g/mol. The highest BCUT2D eigenvalue weighted by molar-refractivity contribution is 6.07. The van der Waals surface area contributed by atoms with Crippen LogP contribution >= 0.6 is 0 Å². The number of fused-ring (bicyclic) bond motifs is 3. The van der Waals surface area contributed by atoms with Crippen molar-refractivity contribution < 1.29 is 14.2 Å². The number of hydrogen-bond donors (Lipinski definition) is 1. The SMILES string of the molecule is Cc1nnn(C)c1-c1ccc2c3ncc(C(C)(C)O)cc3n(C(c3ccc(F)cc3)C3CCOCC3)c2c1. The number of rotatable bonds is 5. The van der Waals surface area contributed by atoms with Crippen molar-refractivity contribution in [2.45, 2.75) is 45.3 Å². The van der Waals surface area contributed by atoms with Crippen LogP contribution in [-0.2, 0) is 17.4 Å². The molecule has 7 nitrogen and oxygen atoms in total. The summed E-state index contributed by atoms with van der Waals surface area (Å²) in [5.41, 5.74) is 6.40. The molecule has 1 N–H and O–H groups in total. The van der Waals surface area contributed by atoms with Gasteiger partial charge in [-0.2, -0.15) is 0 Å². The third-order valence-electron chi connectivity index (χ3n) is 7.82. The van der Waals surface area contributed by atoms with Gasteiger partial charge in [0.15, 0.2) is 0 Å². The first-order chi connectivity index (χ1) is 18.2. The van der Waals surface area contributed by atoms with Gasteiger partial charge < -0.3 is 14.4 Å². The van der Waals surface area contributed by atoms with Crippen molar-refractivity contribution in [3.8, 4) is 11.3 Å². The molecule has 1 fully saturated rings. The fourth-order valence-corrected chi connectivity index (χ4v) is 5.87. The molecule has 0 bridgehead atoms. The molecule has 0 amide bonds. The normalized spacial score (nSPS) is 15.9. The van der Waals surface area contributed by atoms with E-state index >= 15 is 0 Å². The van der Waals surface area contributed by atoms with Gasteiger partial charge in [0, 0.05) is 43.0 Å². The summed E-state index contributed by atoms with van der Waals surface area (Å²) in [7, 11) is 1.90. The average Bonchev–Trinajstić information content (AvgIpc) is 3.41. The van der Waals surface area contributed by atoms with Crippen LogP contribution in [0.25, 0.3) is 33.2 Å². The van der Waals surface area contributed by atoms with E-state index in [4.69, 9.17) is 9.72 Å². The highest BCUT2D eigenvalue weighted by Gasteiger charge is 2.31. The minimum atomic E-state index is -1.05. The lowest BCUT2D eigenvalue weighted by Gasteiger charge is -2.33. The second-order valence-corrected chi connectivity index (χ2v) is 10.8. The lowest BCUT2D eigenvalue weighted by Crippen LogP contribution is -2.27. The largest absolute Gasteiger partial charge is 0.386 e. The molecular formula is C30H32FN5O2. The summed E-state index contributed by atoms with van der Waals surface area (Å²) in [5, 5.41) is 20.3. The molecule has 1 atom stereocenters. The van der Waals surface area contributed by atoms with Gasteiger partial charge in [0.05, 0.1) is 39.6 Å². The van der Waals surface area contributed by atoms with E-state index in [2.05, 4.69) is 39.1 Å². The molecule has 0 spiro atoms. The zero-order valence-electron chi connectivity index (χ0n) is 22.1. The van der Waals surface area contributed by atoms with Gasteiger partial charge in [0.2, 0.25) is 0 Å². The van der Waals surface area contributed by atoms with E-state index in [0.717, 1.165) is 62.9 Å². The number of aryl methyl sites for hydroxylation is 2. The van der Waals surface area contributed by atoms with E-state index in [1.807, 2.05) is 26.1 Å². The standard InChI is InChI=1S/C30H32FN5O2/c1-18-28(35(4)34-33-18)21-7-10-24-25(15-21)36(26-16-22(30(2,3)37)17-32-27(24)26)29(20-11-13-38-14-12-20)19-5-8-23(31)9-6-19/h5-10,15-17,20,29,37H,11-14H2,1-4H3. The number of aliphatic hydroxyl groups is 1. The van der Waals surface area contributed by atoms with Gasteiger partial charge in [0.25, 0.3) is 0 Å². The Morgan fingerprint density at radius 3 is 2.45 bits per heavy atom. The minimum absolute atomic E-state index is 0.0700. The van der Waals surface area contributed by atoms with Crippen molar-refractivity contribution in [1.29, 1.82) is 0 Å². The van der Waals surface area contributed by atoms with Gasteiger partial charge in [-0.25, -0.2) is 9.07 Å². The first-order valence-electron chi connectivity index (χ1n) is 13.1. The summed E-state index contributed by atoms with van der Waals surface area (Å²) in [6.45, 7) is 6.89. The molecule has 1 saturated heterocycles. The van der Waals surface area contributed by atoms with Crippen molar-refractivity contribution >= 4 is 21.9 Å². The zero-order chi connectivity index (χ0) is 26.6. The second-order valence-electron chi connectivity index (χ2n) is 10.8. The summed E-state index contributed by atoms with van der Waals surface area (Å²) >= 11 is 0. The number of nitrogens with zero attached hydrogens (tertiary/aromatic N) is 5. The maximum Gasteiger partial charge on any atom is 0.123 e. The van der Waals surface area contributed by atoms with Crippen LogP contribution in [0.1, 0.15) is 49.6 Å². The van der Waals surface area contributed by atoms with E-state index in [0.29, 0.717) is 13.2 Å². The van der Waals surface area contributed by atoms with Gasteiger partial charge >= 0.3 is 0 Å². The molecule has 2 aromatic carbocycles. The molecule has 4 heterocycles. The summed E-state index contributed by atoms with van der Waals surface area (Å²) in [6, 6.07) is 15.2. The predicted molar refractivity (Wildman–Crippen MR) is 145 cm³/mol. The lowest BCUT2D eigenvalue weighted by molar-refractivity contribution is 0.0552. The molecule has 8 heteroatoms. The van der Waals surface area contributed by atoms with Crippen LogP contribution in [0.15, 0.2) is 54.7 Å². The predicted octanol–water partition coefficient (Wildman–Crippen LogP) is 5.68. The lowest BCUT2D eigenvalue weighted by atomic mass is 9.86. The van der Waals surface area contributed by atoms with Gasteiger partial charge in [0.1, 0.15) is 5.82 Å². The van der Waals surface area contributed by atoms with Crippen LogP contribution in [0.4, 0.5) is 4.39 Å². The molecule has 5 aromatic rings. The van der Waals surface area contributed by atoms with E-state index in [-0.39, 0.29) is 17.8 Å². The Bertz CT molecular complexity index is 1610. The Balaban J connectivity index is 1.69. The fraction of sp³-hybridized carbons (Fsp3) is 0.367. The number of hydrogen-bond acceptors (Lipinski definition) is 5. The third-order valence-corrected chi connectivity index (χ3v) is 7.82. The van der Waals surface area contributed by atoms with Crippen molar-refractivity contribution in [2.75, 3.05) is 13.2 Å². The number of benzene rings is 2. The second kappa shape index (κ2) is 9.29. The number of pyridine rings is 1. The zero-order valence-corrected chi connectivity index (χ0v) is 22.1. The maximum absolute atomic E-state index is 14.0. The van der Waals surface area contributed by atoms with E-state index < -0.39 is 5.60 Å². The molecular weight excluding hydrogens is 481 g/mol. The molecule has 0 saturated carbocycles. The molecule has 1 aliphatic rings. The van der Waals surface area contributed by atoms with Gasteiger partial charge in [-0.15, -0.1) is 5.10 Å². The van der Waals surface area contributed by atoms with E-state index in [1.165, 1.54) is 12.1 Å². The van der Waals surface area contributed by atoms with Crippen molar-refractivity contribution in [3.05, 3.63) is 77.4 Å². The van der Waals surface area contributed by atoms with Crippen LogP contribution in [0.2, 0.25) is 0 Å². The minimum Gasteiger partial charge on any atom is -0.386 e. The van der Waals surface area contributed by atoms with Crippen LogP contribution < -0.4 is 0 Å². The number of halogens is 1. The topological polar surface area (TPSA) is 78.0 Å². The Morgan fingerprint density at radius 2 is 1.79 bits per heavy atom. The highest BCUT2D eigenvalue weighted by Crippen LogP contribution is 2.42. The van der Waals surface area contributed by atoms with Crippen LogP contribution in [0, 0.1) is 18.7 Å². The van der Waals surface area contributed by atoms with Crippen molar-refractivity contribution in [3.63, 3.8) is 0 Å². The summed E-state index contributed by atoms with van der Waals surface area (Å²) in [5.74, 6) is 0.0247. The van der Waals surface area contributed by atoms with Crippen LogP contribution in [0.5, 0.6) is 0 Å². The summed E-state index contributed by atoms with van der Waals surface area (Å²) in [6.07, 6.45) is 3.55. The molecule has 0 radical (unpaired) electrons. The fourth-order valence-electron chi connectivity index (χ4n) is 5.87. The molecule has 1 unspecified atom stereocenters. The Hall–Kier alpha value is -3.62. The molecule has 6 rings (SSSR count). The van der Waals surface area contributed by atoms with Crippen LogP contribution in [-0.4, -0.2) is 42.9 Å². The Morgan fingerprint density at radius 1 is 1.05 bits per heavy atom. The Labute approximate surface area is 220 Å². The number of aromatic nitrogens is 5. The monoisotopic (exact) mass is 513 g/mol. The van der Waals surface area contributed by atoms with E-state index in [9.17, 15) is 9.50 Å². The quantitative estimate of drug-likeness (QED) is 0.327. The number of ether oxygens (including phenoxy) is 1. The van der Waals surface area contributed by atoms with Gasteiger partial charge in [-0.05, 0) is 75.4 Å². The van der Waals surface area contributed by atoms with Crippen molar-refractivity contribution in [2.24, 2.45) is 13.0 Å². The molecule has 3 aromatic heterocycles. The van der Waals surface area contributed by atoms with Gasteiger partial charge in [-0.1, -0.05) is 23.4 Å². The first-order valence-corrected chi connectivity index (χ1v) is 13.1. The summed E-state index contributed by atoms with van der Waals surface area (Å²) < 4.78 is 23.9. The van der Waals surface area contributed by atoms with E-state index in [1.54, 1.807) is 24.7 Å².